The molecule has 1 unspecified atom stereocenters. The summed E-state index contributed by atoms with van der Waals surface area (Å²) in [6, 6.07) is 18.0. The summed E-state index contributed by atoms with van der Waals surface area (Å²) in [5.74, 6) is 0.727. The monoisotopic (exact) mass is 451 g/mol. The molecule has 0 radical (unpaired) electrons. The van der Waals surface area contributed by atoms with E-state index < -0.39 is 0 Å². The molecular weight excluding hydrogens is 406 g/mol. The van der Waals surface area contributed by atoms with Crippen LogP contribution in [0.3, 0.4) is 0 Å². The predicted octanol–water partition coefficient (Wildman–Crippen LogP) is 7.21. The Morgan fingerprint density at radius 3 is 2.12 bits per heavy atom. The smallest absolute Gasteiger partial charge is 0.0720 e. The van der Waals surface area contributed by atoms with Crippen LogP contribution in [0.5, 0.6) is 0 Å². The van der Waals surface area contributed by atoms with Crippen LogP contribution in [0.4, 0.5) is 0 Å². The van der Waals surface area contributed by atoms with Crippen molar-refractivity contribution in [3.05, 3.63) is 59.7 Å². The second-order valence-corrected chi connectivity index (χ2v) is 10.0. The molecule has 0 saturated heterocycles. The van der Waals surface area contributed by atoms with Crippen molar-refractivity contribution in [1.29, 1.82) is 0 Å². The van der Waals surface area contributed by atoms with Gasteiger partial charge < -0.3 is 9.84 Å². The number of aliphatic hydroxyl groups excluding tert-OH is 1. The van der Waals surface area contributed by atoms with Gasteiger partial charge in [0.1, 0.15) is 0 Å². The van der Waals surface area contributed by atoms with Crippen LogP contribution >= 0.6 is 0 Å². The van der Waals surface area contributed by atoms with Crippen molar-refractivity contribution in [2.45, 2.75) is 90.9 Å². The lowest BCUT2D eigenvalue weighted by molar-refractivity contribution is 0.0457. The number of rotatable bonds is 15. The van der Waals surface area contributed by atoms with Gasteiger partial charge in [0.25, 0.3) is 0 Å². The highest BCUT2D eigenvalue weighted by atomic mass is 16.5. The summed E-state index contributed by atoms with van der Waals surface area (Å²) in [4.78, 5) is 2.59. The molecule has 1 aliphatic carbocycles. The molecule has 1 saturated carbocycles. The number of benzene rings is 2. The molecule has 0 bridgehead atoms. The zero-order chi connectivity index (χ0) is 23.3. The third-order valence-electron chi connectivity index (χ3n) is 7.02. The Labute approximate surface area is 202 Å². The van der Waals surface area contributed by atoms with Gasteiger partial charge in [0.05, 0.1) is 12.7 Å². The van der Waals surface area contributed by atoms with Gasteiger partial charge in [-0.2, -0.15) is 0 Å². The van der Waals surface area contributed by atoms with Gasteiger partial charge in [0, 0.05) is 13.2 Å². The molecule has 1 atom stereocenters. The van der Waals surface area contributed by atoms with E-state index in [1.54, 1.807) is 0 Å². The summed E-state index contributed by atoms with van der Waals surface area (Å²) in [6.07, 6.45) is 11.3. The van der Waals surface area contributed by atoms with Crippen LogP contribution in [0.2, 0.25) is 0 Å². The van der Waals surface area contributed by atoms with Crippen LogP contribution in [-0.4, -0.2) is 35.8 Å². The average Bonchev–Trinajstić information content (AvgIpc) is 3.36. The van der Waals surface area contributed by atoms with E-state index >= 15 is 0 Å². The number of aliphatic hydroxyl groups is 1. The van der Waals surface area contributed by atoms with Gasteiger partial charge in [-0.1, -0.05) is 88.1 Å². The van der Waals surface area contributed by atoms with Crippen LogP contribution < -0.4 is 0 Å². The zero-order valence-electron chi connectivity index (χ0n) is 21.0. The molecule has 0 amide bonds. The van der Waals surface area contributed by atoms with Crippen molar-refractivity contribution in [3.8, 4) is 11.1 Å². The molecule has 3 rings (SSSR count). The molecule has 0 spiro atoms. The Hall–Kier alpha value is -1.68. The number of hydrogen-bond acceptors (Lipinski definition) is 3. The molecule has 1 N–H and O–H groups in total. The first-order valence-electron chi connectivity index (χ1n) is 13.3. The third-order valence-corrected chi connectivity index (χ3v) is 7.02. The fraction of sp³-hybridized carbons (Fsp3) is 0.600. The van der Waals surface area contributed by atoms with E-state index in [2.05, 4.69) is 67.3 Å². The Balaban J connectivity index is 1.48. The van der Waals surface area contributed by atoms with E-state index in [0.29, 0.717) is 12.7 Å². The molecule has 0 aromatic heterocycles. The third kappa shape index (κ3) is 9.23. The first-order chi connectivity index (χ1) is 16.2. The Bertz CT molecular complexity index is 765. The summed E-state index contributed by atoms with van der Waals surface area (Å²) >= 11 is 0. The highest BCUT2D eigenvalue weighted by molar-refractivity contribution is 5.63. The largest absolute Gasteiger partial charge is 0.396 e. The van der Waals surface area contributed by atoms with Gasteiger partial charge in [-0.3, -0.25) is 4.90 Å². The first-order valence-corrected chi connectivity index (χ1v) is 13.3. The minimum absolute atomic E-state index is 0.323. The van der Waals surface area contributed by atoms with Gasteiger partial charge in [-0.05, 0) is 73.4 Å². The molecule has 1 aliphatic rings. The summed E-state index contributed by atoms with van der Waals surface area (Å²) in [5.41, 5.74) is 5.21. The number of hydrogen-bond donors (Lipinski definition) is 1. The second-order valence-electron chi connectivity index (χ2n) is 10.0. The standard InChI is InChI=1S/C30H45NO2/c1-3-20-31(21-19-25(2)8-6-7-22-32)23-26-11-15-28(16-12-26)29-17-13-27(14-18-29)24-33-30-9-4-5-10-30/h11-18,25,30,32H,3-10,19-24H2,1-2H3. The van der Waals surface area contributed by atoms with Crippen LogP contribution in [-0.2, 0) is 17.9 Å². The van der Waals surface area contributed by atoms with E-state index in [1.165, 1.54) is 67.2 Å². The minimum atomic E-state index is 0.323. The molecule has 3 heteroatoms. The Kier molecular flexibility index (Phi) is 11.4. The van der Waals surface area contributed by atoms with Gasteiger partial charge in [0.2, 0.25) is 0 Å². The summed E-state index contributed by atoms with van der Waals surface area (Å²) in [6.45, 7) is 9.00. The molecular formula is C30H45NO2. The molecule has 33 heavy (non-hydrogen) atoms. The highest BCUT2D eigenvalue weighted by Crippen LogP contribution is 2.24. The number of nitrogens with zero attached hydrogens (tertiary/aromatic N) is 1. The van der Waals surface area contributed by atoms with Gasteiger partial charge >= 0.3 is 0 Å². The van der Waals surface area contributed by atoms with Crippen LogP contribution in [0.1, 0.15) is 82.8 Å². The molecule has 3 nitrogen and oxygen atoms in total. The van der Waals surface area contributed by atoms with Crippen LogP contribution in [0, 0.1) is 5.92 Å². The van der Waals surface area contributed by atoms with Crippen LogP contribution in [0.25, 0.3) is 11.1 Å². The molecule has 0 heterocycles. The lowest BCUT2D eigenvalue weighted by Gasteiger charge is -2.24. The predicted molar refractivity (Wildman–Crippen MR) is 139 cm³/mol. The summed E-state index contributed by atoms with van der Waals surface area (Å²) < 4.78 is 6.05. The van der Waals surface area contributed by atoms with E-state index in [4.69, 9.17) is 9.84 Å². The average molecular weight is 452 g/mol. The molecule has 2 aromatic rings. The maximum Gasteiger partial charge on any atom is 0.0720 e. The van der Waals surface area contributed by atoms with Crippen molar-refractivity contribution in [3.63, 3.8) is 0 Å². The fourth-order valence-corrected chi connectivity index (χ4v) is 4.86. The Morgan fingerprint density at radius 2 is 1.52 bits per heavy atom. The maximum atomic E-state index is 8.98. The topological polar surface area (TPSA) is 32.7 Å². The lowest BCUT2D eigenvalue weighted by atomic mass is 10.00. The van der Waals surface area contributed by atoms with E-state index in [0.717, 1.165) is 45.0 Å². The highest BCUT2D eigenvalue weighted by Gasteiger charge is 2.15. The van der Waals surface area contributed by atoms with Gasteiger partial charge in [0.15, 0.2) is 0 Å². The summed E-state index contributed by atoms with van der Waals surface area (Å²) in [7, 11) is 0. The fourth-order valence-electron chi connectivity index (χ4n) is 4.86. The van der Waals surface area contributed by atoms with Gasteiger partial charge in [-0.25, -0.2) is 0 Å². The van der Waals surface area contributed by atoms with E-state index in [1.807, 2.05) is 0 Å². The van der Waals surface area contributed by atoms with Crippen molar-refractivity contribution >= 4 is 0 Å². The van der Waals surface area contributed by atoms with E-state index in [9.17, 15) is 0 Å². The zero-order valence-corrected chi connectivity index (χ0v) is 21.0. The minimum Gasteiger partial charge on any atom is -0.396 e. The molecule has 2 aromatic carbocycles. The first kappa shape index (κ1) is 25.9. The van der Waals surface area contributed by atoms with Crippen molar-refractivity contribution in [2.75, 3.05) is 19.7 Å². The molecule has 0 aliphatic heterocycles. The van der Waals surface area contributed by atoms with Crippen molar-refractivity contribution in [2.24, 2.45) is 5.92 Å². The van der Waals surface area contributed by atoms with Crippen molar-refractivity contribution < 1.29 is 9.84 Å². The second kappa shape index (κ2) is 14.6. The van der Waals surface area contributed by atoms with Crippen molar-refractivity contribution in [1.82, 2.24) is 4.90 Å². The number of unbranched alkanes of at least 4 members (excludes halogenated alkanes) is 1. The van der Waals surface area contributed by atoms with E-state index in [-0.39, 0.29) is 0 Å². The molecule has 182 valence electrons. The lowest BCUT2D eigenvalue weighted by Crippen LogP contribution is -2.26. The SMILES string of the molecule is CCCN(CCC(C)CCCCO)Cc1ccc(-c2ccc(COC3CCCC3)cc2)cc1. The van der Waals surface area contributed by atoms with Crippen LogP contribution in [0.15, 0.2) is 48.5 Å². The number of ether oxygens (including phenoxy) is 1. The van der Waals surface area contributed by atoms with Gasteiger partial charge in [-0.15, -0.1) is 0 Å². The quantitative estimate of drug-likeness (QED) is 0.290. The maximum absolute atomic E-state index is 8.98. The summed E-state index contributed by atoms with van der Waals surface area (Å²) in [5, 5.41) is 8.98. The normalized spacial score (nSPS) is 15.4. The Morgan fingerprint density at radius 1 is 0.879 bits per heavy atom. The molecule has 1 fully saturated rings.